The molecule has 38 heavy (non-hydrogen) atoms. The Morgan fingerprint density at radius 1 is 1.05 bits per heavy atom. The van der Waals surface area contributed by atoms with E-state index in [4.69, 9.17) is 4.74 Å². The minimum Gasteiger partial charge on any atom is -0.497 e. The van der Waals surface area contributed by atoms with Crippen LogP contribution < -0.4 is 4.74 Å². The predicted octanol–water partition coefficient (Wildman–Crippen LogP) is 6.30. The Morgan fingerprint density at radius 3 is 2.55 bits per heavy atom. The van der Waals surface area contributed by atoms with Crippen LogP contribution in [0.3, 0.4) is 0 Å². The topological polar surface area (TPSA) is 77.2 Å². The molecular weight excluding hydrogens is 474 g/mol. The van der Waals surface area contributed by atoms with Crippen LogP contribution >= 0.6 is 0 Å². The summed E-state index contributed by atoms with van der Waals surface area (Å²) in [6.07, 6.45) is 9.08. The molecule has 0 saturated heterocycles. The van der Waals surface area contributed by atoms with E-state index in [0.29, 0.717) is 40.8 Å². The Hall–Kier alpha value is -1.95. The maximum atomic E-state index is 14.2. The number of benzene rings is 1. The van der Waals surface area contributed by atoms with Crippen LogP contribution in [0.25, 0.3) is 11.0 Å². The molecule has 1 heterocycles. The summed E-state index contributed by atoms with van der Waals surface area (Å²) >= 11 is 0. The predicted molar refractivity (Wildman–Crippen MR) is 149 cm³/mol. The quantitative estimate of drug-likeness (QED) is 0.500. The number of hydrogen-bond acceptors (Lipinski definition) is 5. The van der Waals surface area contributed by atoms with Crippen molar-refractivity contribution in [2.75, 3.05) is 7.11 Å². The second-order valence-electron chi connectivity index (χ2n) is 14.6. The molecule has 0 spiro atoms. The largest absolute Gasteiger partial charge is 0.497 e. The van der Waals surface area contributed by atoms with Crippen LogP contribution in [0.4, 0.5) is 0 Å². The maximum absolute atomic E-state index is 14.2. The number of fused-ring (bicyclic) bond motifs is 6. The fourth-order valence-corrected chi connectivity index (χ4v) is 10.2. The summed E-state index contributed by atoms with van der Waals surface area (Å²) in [6.45, 7) is 11.9. The fourth-order valence-electron chi connectivity index (χ4n) is 10.2. The first-order valence-electron chi connectivity index (χ1n) is 15.1. The van der Waals surface area contributed by atoms with Gasteiger partial charge in [-0.25, -0.2) is 0 Å². The van der Waals surface area contributed by atoms with Crippen molar-refractivity contribution in [1.82, 2.24) is 15.0 Å². The number of methoxy groups -OCH3 is 1. The monoisotopic (exact) mass is 521 g/mol. The molecule has 0 aliphatic heterocycles. The van der Waals surface area contributed by atoms with E-state index in [1.165, 1.54) is 25.7 Å². The average Bonchev–Trinajstić information content (AvgIpc) is 3.41. The third-order valence-electron chi connectivity index (χ3n) is 12.2. The van der Waals surface area contributed by atoms with Gasteiger partial charge in [0.15, 0.2) is 5.78 Å². The van der Waals surface area contributed by atoms with Gasteiger partial charge in [-0.1, -0.05) is 27.7 Å². The van der Waals surface area contributed by atoms with E-state index >= 15 is 0 Å². The lowest BCUT2D eigenvalue weighted by molar-refractivity contribution is -0.151. The second kappa shape index (κ2) is 9.04. The van der Waals surface area contributed by atoms with Crippen molar-refractivity contribution in [3.63, 3.8) is 0 Å². The van der Waals surface area contributed by atoms with Gasteiger partial charge >= 0.3 is 0 Å². The SMILES string of the molecule is COc1ccc2nn(CC(=O)C3C(C(C)C)C[C@H]4[C@@H]5CC[C@H]6C[C@](C)(O)CC[C@]6(C)[C@H]5CC[C@]34C)nc2c1. The Balaban J connectivity index is 1.27. The van der Waals surface area contributed by atoms with Crippen LogP contribution in [0.15, 0.2) is 18.2 Å². The Kier molecular flexibility index (Phi) is 6.25. The number of ketones is 1. The lowest BCUT2D eigenvalue weighted by atomic mass is 9.44. The van der Waals surface area contributed by atoms with E-state index in [1.54, 1.807) is 11.9 Å². The number of hydrogen-bond donors (Lipinski definition) is 1. The van der Waals surface area contributed by atoms with Gasteiger partial charge in [0.05, 0.1) is 12.7 Å². The van der Waals surface area contributed by atoms with Gasteiger partial charge in [0.2, 0.25) is 0 Å². The number of rotatable bonds is 5. The highest BCUT2D eigenvalue weighted by Gasteiger charge is 2.64. The number of aromatic nitrogens is 3. The van der Waals surface area contributed by atoms with Crippen molar-refractivity contribution in [3.05, 3.63) is 18.2 Å². The summed E-state index contributed by atoms with van der Waals surface area (Å²) in [5.41, 5.74) is 1.45. The summed E-state index contributed by atoms with van der Waals surface area (Å²) in [6, 6.07) is 5.69. The van der Waals surface area contributed by atoms with Gasteiger partial charge in [-0.3, -0.25) is 4.79 Å². The summed E-state index contributed by atoms with van der Waals surface area (Å²) in [7, 11) is 1.65. The van der Waals surface area contributed by atoms with Crippen LogP contribution in [-0.2, 0) is 11.3 Å². The molecular formula is C32H47N3O3. The van der Waals surface area contributed by atoms with Crippen molar-refractivity contribution in [2.24, 2.45) is 52.3 Å². The number of ether oxygens (including phenoxy) is 1. The number of aliphatic hydroxyl groups is 1. The Morgan fingerprint density at radius 2 is 1.82 bits per heavy atom. The Labute approximate surface area is 227 Å². The average molecular weight is 522 g/mol. The number of carbonyl (C=O) groups excluding carboxylic acids is 1. The van der Waals surface area contributed by atoms with Gasteiger partial charge in [-0.15, -0.1) is 0 Å². The summed E-state index contributed by atoms with van der Waals surface area (Å²) in [5.74, 6) is 4.70. The van der Waals surface area contributed by atoms with Gasteiger partial charge in [-0.2, -0.15) is 15.0 Å². The number of carbonyl (C=O) groups is 1. The third-order valence-corrected chi connectivity index (χ3v) is 12.2. The molecule has 2 aromatic rings. The van der Waals surface area contributed by atoms with Crippen molar-refractivity contribution in [1.29, 1.82) is 0 Å². The van der Waals surface area contributed by atoms with Crippen LogP contribution in [0.2, 0.25) is 0 Å². The van der Waals surface area contributed by atoms with Crippen LogP contribution in [0.5, 0.6) is 5.75 Å². The standard InChI is InChI=1S/C32H47N3O3/c1-19(2)23-16-25-22-9-7-20-17-30(3,37)13-14-31(20,4)24(22)11-12-32(25,5)29(23)28(36)18-35-33-26-10-8-21(38-6)15-27(26)34-35/h8,10,15,19-20,22-25,29,37H,7,9,11-14,16-18H2,1-6H3/t20-,22+,23?,24-,25-,29?,30+,31-,32-/m0/s1. The molecule has 6 rings (SSSR count). The molecule has 0 radical (unpaired) electrons. The molecule has 2 unspecified atom stereocenters. The fraction of sp³-hybridized carbons (Fsp3) is 0.781. The van der Waals surface area contributed by atoms with E-state index in [1.807, 2.05) is 25.1 Å². The third kappa shape index (κ3) is 4.03. The zero-order chi connectivity index (χ0) is 27.0. The van der Waals surface area contributed by atoms with E-state index < -0.39 is 5.60 Å². The number of nitrogens with zero attached hydrogens (tertiary/aromatic N) is 3. The highest BCUT2D eigenvalue weighted by atomic mass is 16.5. The van der Waals surface area contributed by atoms with Crippen LogP contribution in [-0.4, -0.2) is 38.6 Å². The van der Waals surface area contributed by atoms with Gasteiger partial charge < -0.3 is 9.84 Å². The van der Waals surface area contributed by atoms with Crippen LogP contribution in [0, 0.1) is 52.3 Å². The van der Waals surface area contributed by atoms with E-state index in [0.717, 1.165) is 48.4 Å². The Bertz CT molecular complexity index is 1220. The lowest BCUT2D eigenvalue weighted by Gasteiger charge is -2.61. The lowest BCUT2D eigenvalue weighted by Crippen LogP contribution is -2.55. The molecule has 6 nitrogen and oxygen atoms in total. The molecule has 1 aromatic carbocycles. The normalized spacial score (nSPS) is 42.5. The van der Waals surface area contributed by atoms with Gasteiger partial charge in [0.25, 0.3) is 0 Å². The van der Waals surface area contributed by atoms with Crippen molar-refractivity contribution in [2.45, 2.75) is 98.1 Å². The molecule has 1 aromatic heterocycles. The van der Waals surface area contributed by atoms with E-state index in [2.05, 4.69) is 37.9 Å². The molecule has 4 fully saturated rings. The molecule has 9 atom stereocenters. The first-order valence-corrected chi connectivity index (χ1v) is 15.1. The van der Waals surface area contributed by atoms with Gasteiger partial charge in [-0.05, 0) is 117 Å². The van der Waals surface area contributed by atoms with E-state index in [9.17, 15) is 9.90 Å². The van der Waals surface area contributed by atoms with Crippen LogP contribution in [0.1, 0.15) is 86.0 Å². The molecule has 0 amide bonds. The zero-order valence-corrected chi connectivity index (χ0v) is 24.2. The van der Waals surface area contributed by atoms with Crippen molar-refractivity contribution >= 4 is 16.8 Å². The summed E-state index contributed by atoms with van der Waals surface area (Å²) < 4.78 is 5.34. The molecule has 4 aliphatic rings. The smallest absolute Gasteiger partial charge is 0.160 e. The molecule has 208 valence electrons. The van der Waals surface area contributed by atoms with E-state index in [-0.39, 0.29) is 17.9 Å². The first kappa shape index (κ1) is 26.3. The highest BCUT2D eigenvalue weighted by molar-refractivity contribution is 5.83. The molecule has 1 N–H and O–H groups in total. The molecule has 0 bridgehead atoms. The second-order valence-corrected chi connectivity index (χ2v) is 14.6. The maximum Gasteiger partial charge on any atom is 0.160 e. The van der Waals surface area contributed by atoms with Crippen molar-refractivity contribution in [3.8, 4) is 5.75 Å². The van der Waals surface area contributed by atoms with Gasteiger partial charge in [0.1, 0.15) is 23.3 Å². The highest BCUT2D eigenvalue weighted by Crippen LogP contribution is 2.69. The summed E-state index contributed by atoms with van der Waals surface area (Å²) in [4.78, 5) is 15.8. The molecule has 4 aliphatic carbocycles. The first-order chi connectivity index (χ1) is 17.9. The zero-order valence-electron chi connectivity index (χ0n) is 24.2. The minimum absolute atomic E-state index is 0.0480. The number of Topliss-reactive ketones (excluding diaryl/α,β-unsaturated/α-hetero) is 1. The minimum atomic E-state index is -0.496. The van der Waals surface area contributed by atoms with Gasteiger partial charge in [0, 0.05) is 12.0 Å². The molecule has 4 saturated carbocycles. The van der Waals surface area contributed by atoms with Crippen molar-refractivity contribution < 1.29 is 14.6 Å². The molecule has 6 heteroatoms. The summed E-state index contributed by atoms with van der Waals surface area (Å²) in [5, 5.41) is 20.1.